The molecular formula is C15H19ClN2O3S. The van der Waals surface area contributed by atoms with E-state index in [0.29, 0.717) is 37.0 Å². The number of hydrogen-bond acceptors (Lipinski definition) is 3. The van der Waals surface area contributed by atoms with E-state index < -0.39 is 10.0 Å². The lowest BCUT2D eigenvalue weighted by Gasteiger charge is -2.30. The Labute approximate surface area is 135 Å². The Morgan fingerprint density at radius 3 is 2.45 bits per heavy atom. The standard InChI is InChI=1S/C15H19ClN2O3S/c16-12-2-1-3-14(10-12)22(20,21)18-8-6-11(7-9-18)15(19)17-13-4-5-13/h1-3,10-11,13H,4-9H2,(H,17,19). The smallest absolute Gasteiger partial charge is 0.243 e. The normalized spacial score (nSPS) is 20.8. The summed E-state index contributed by atoms with van der Waals surface area (Å²) in [5.74, 6) is -0.00582. The van der Waals surface area contributed by atoms with Crippen LogP contribution in [0.4, 0.5) is 0 Å². The van der Waals surface area contributed by atoms with Gasteiger partial charge in [0.25, 0.3) is 0 Å². The van der Waals surface area contributed by atoms with Crippen LogP contribution in [0.25, 0.3) is 0 Å². The number of sulfonamides is 1. The molecule has 22 heavy (non-hydrogen) atoms. The highest BCUT2D eigenvalue weighted by atomic mass is 35.5. The number of carbonyl (C=O) groups excluding carboxylic acids is 1. The van der Waals surface area contributed by atoms with Gasteiger partial charge in [0.05, 0.1) is 4.90 Å². The second kappa shape index (κ2) is 6.18. The number of amides is 1. The monoisotopic (exact) mass is 342 g/mol. The van der Waals surface area contributed by atoms with Crippen molar-refractivity contribution in [2.24, 2.45) is 5.92 Å². The molecule has 1 N–H and O–H groups in total. The van der Waals surface area contributed by atoms with Gasteiger partial charge in [-0.1, -0.05) is 17.7 Å². The van der Waals surface area contributed by atoms with Gasteiger partial charge in [0.1, 0.15) is 0 Å². The summed E-state index contributed by atoms with van der Waals surface area (Å²) in [4.78, 5) is 12.2. The van der Waals surface area contributed by atoms with Gasteiger partial charge < -0.3 is 5.32 Å². The number of benzene rings is 1. The Morgan fingerprint density at radius 1 is 1.18 bits per heavy atom. The summed E-state index contributed by atoms with van der Waals surface area (Å²) in [6.45, 7) is 0.745. The Bertz CT molecular complexity index is 665. The summed E-state index contributed by atoms with van der Waals surface area (Å²) in [5, 5.41) is 3.39. The van der Waals surface area contributed by atoms with E-state index in [4.69, 9.17) is 11.6 Å². The lowest BCUT2D eigenvalue weighted by molar-refractivity contribution is -0.126. The van der Waals surface area contributed by atoms with Gasteiger partial charge in [0.15, 0.2) is 0 Å². The molecule has 0 bridgehead atoms. The first-order chi connectivity index (χ1) is 10.5. The molecule has 7 heteroatoms. The Hall–Kier alpha value is -1.11. The third-order valence-corrected chi connectivity index (χ3v) is 6.31. The number of carbonyl (C=O) groups is 1. The number of rotatable bonds is 4. The van der Waals surface area contributed by atoms with E-state index in [-0.39, 0.29) is 16.7 Å². The Morgan fingerprint density at radius 2 is 1.86 bits per heavy atom. The summed E-state index contributed by atoms with van der Waals surface area (Å²) in [7, 11) is -3.53. The highest BCUT2D eigenvalue weighted by Gasteiger charge is 2.34. The molecule has 0 atom stereocenters. The maximum absolute atomic E-state index is 12.6. The second-order valence-electron chi connectivity index (χ2n) is 5.92. The molecule has 5 nitrogen and oxygen atoms in total. The van der Waals surface area contributed by atoms with Crippen molar-refractivity contribution in [1.82, 2.24) is 9.62 Å². The van der Waals surface area contributed by atoms with Crippen LogP contribution in [-0.2, 0) is 14.8 Å². The first kappa shape index (κ1) is 15.8. The fourth-order valence-corrected chi connectivity index (χ4v) is 4.45. The molecule has 1 heterocycles. The van der Waals surface area contributed by atoms with Crippen LogP contribution in [0.3, 0.4) is 0 Å². The van der Waals surface area contributed by atoms with Crippen molar-refractivity contribution in [1.29, 1.82) is 0 Å². The zero-order valence-electron chi connectivity index (χ0n) is 12.2. The topological polar surface area (TPSA) is 66.5 Å². The molecule has 1 aliphatic carbocycles. The molecular weight excluding hydrogens is 324 g/mol. The van der Waals surface area contributed by atoms with E-state index in [1.807, 2.05) is 0 Å². The van der Waals surface area contributed by atoms with Crippen molar-refractivity contribution >= 4 is 27.5 Å². The molecule has 1 aromatic rings. The van der Waals surface area contributed by atoms with Gasteiger partial charge in [-0.3, -0.25) is 4.79 Å². The first-order valence-electron chi connectivity index (χ1n) is 7.53. The molecule has 0 unspecified atom stereocenters. The van der Waals surface area contributed by atoms with E-state index in [1.54, 1.807) is 18.2 Å². The number of halogens is 1. The van der Waals surface area contributed by atoms with E-state index in [2.05, 4.69) is 5.32 Å². The van der Waals surface area contributed by atoms with Crippen molar-refractivity contribution in [3.8, 4) is 0 Å². The largest absolute Gasteiger partial charge is 0.353 e. The maximum Gasteiger partial charge on any atom is 0.243 e. The van der Waals surface area contributed by atoms with Gasteiger partial charge in [-0.15, -0.1) is 0 Å². The molecule has 1 aromatic carbocycles. The highest BCUT2D eigenvalue weighted by Crippen LogP contribution is 2.26. The van der Waals surface area contributed by atoms with Gasteiger partial charge in [-0.05, 0) is 43.9 Å². The molecule has 2 fully saturated rings. The quantitative estimate of drug-likeness (QED) is 0.910. The van der Waals surface area contributed by atoms with Crippen molar-refractivity contribution in [3.63, 3.8) is 0 Å². The molecule has 1 saturated carbocycles. The highest BCUT2D eigenvalue weighted by molar-refractivity contribution is 7.89. The van der Waals surface area contributed by atoms with Gasteiger partial charge >= 0.3 is 0 Å². The van der Waals surface area contributed by atoms with Crippen LogP contribution < -0.4 is 5.32 Å². The molecule has 3 rings (SSSR count). The van der Waals surface area contributed by atoms with E-state index >= 15 is 0 Å². The summed E-state index contributed by atoms with van der Waals surface area (Å²) in [6.07, 6.45) is 3.26. The molecule has 1 aliphatic heterocycles. The summed E-state index contributed by atoms with van der Waals surface area (Å²) in [6, 6.07) is 6.64. The lowest BCUT2D eigenvalue weighted by Crippen LogP contribution is -2.43. The molecule has 1 saturated heterocycles. The van der Waals surface area contributed by atoms with E-state index in [1.165, 1.54) is 10.4 Å². The van der Waals surface area contributed by atoms with Gasteiger partial charge in [0, 0.05) is 30.1 Å². The predicted molar refractivity (Wildman–Crippen MR) is 84.1 cm³/mol. The summed E-state index contributed by atoms with van der Waals surface area (Å²) < 4.78 is 26.6. The lowest BCUT2D eigenvalue weighted by atomic mass is 9.97. The molecule has 0 aromatic heterocycles. The van der Waals surface area contributed by atoms with E-state index in [0.717, 1.165) is 12.8 Å². The number of nitrogens with zero attached hydrogens (tertiary/aromatic N) is 1. The van der Waals surface area contributed by atoms with Gasteiger partial charge in [0.2, 0.25) is 15.9 Å². The van der Waals surface area contributed by atoms with Crippen LogP contribution >= 0.6 is 11.6 Å². The van der Waals surface area contributed by atoms with Crippen LogP contribution in [0.15, 0.2) is 29.2 Å². The third-order valence-electron chi connectivity index (χ3n) is 4.18. The molecule has 1 amide bonds. The molecule has 120 valence electrons. The number of piperidine rings is 1. The number of nitrogens with one attached hydrogen (secondary N) is 1. The van der Waals surface area contributed by atoms with Crippen molar-refractivity contribution in [2.75, 3.05) is 13.1 Å². The van der Waals surface area contributed by atoms with E-state index in [9.17, 15) is 13.2 Å². The fraction of sp³-hybridized carbons (Fsp3) is 0.533. The van der Waals surface area contributed by atoms with Crippen LogP contribution in [-0.4, -0.2) is 37.8 Å². The Kier molecular flexibility index (Phi) is 4.43. The van der Waals surface area contributed by atoms with Crippen molar-refractivity contribution in [3.05, 3.63) is 29.3 Å². The summed E-state index contributed by atoms with van der Waals surface area (Å²) >= 11 is 5.87. The minimum atomic E-state index is -3.53. The molecule has 0 radical (unpaired) electrons. The minimum absolute atomic E-state index is 0.0716. The molecule has 2 aliphatic rings. The van der Waals surface area contributed by atoms with Crippen LogP contribution in [0.2, 0.25) is 5.02 Å². The van der Waals surface area contributed by atoms with Gasteiger partial charge in [-0.25, -0.2) is 8.42 Å². The Balaban J connectivity index is 1.63. The van der Waals surface area contributed by atoms with Crippen molar-refractivity contribution < 1.29 is 13.2 Å². The molecule has 0 spiro atoms. The third kappa shape index (κ3) is 3.45. The van der Waals surface area contributed by atoms with Gasteiger partial charge in [-0.2, -0.15) is 4.31 Å². The minimum Gasteiger partial charge on any atom is -0.353 e. The average Bonchev–Trinajstić information content (AvgIpc) is 3.31. The zero-order valence-corrected chi connectivity index (χ0v) is 13.7. The fourth-order valence-electron chi connectivity index (χ4n) is 2.68. The van der Waals surface area contributed by atoms with Crippen molar-refractivity contribution in [2.45, 2.75) is 36.6 Å². The SMILES string of the molecule is O=C(NC1CC1)C1CCN(S(=O)(=O)c2cccc(Cl)c2)CC1. The predicted octanol–water partition coefficient (Wildman–Crippen LogP) is 2.02. The van der Waals surface area contributed by atoms with Crippen LogP contribution in [0.5, 0.6) is 0 Å². The number of hydrogen-bond donors (Lipinski definition) is 1. The average molecular weight is 343 g/mol. The summed E-state index contributed by atoms with van der Waals surface area (Å²) in [5.41, 5.74) is 0. The first-order valence-corrected chi connectivity index (χ1v) is 9.35. The van der Waals surface area contributed by atoms with Crippen LogP contribution in [0.1, 0.15) is 25.7 Å². The maximum atomic E-state index is 12.6. The van der Waals surface area contributed by atoms with Crippen LogP contribution in [0, 0.1) is 5.92 Å². The second-order valence-corrected chi connectivity index (χ2v) is 8.29. The zero-order chi connectivity index (χ0) is 15.7.